The second kappa shape index (κ2) is 5.53. The summed E-state index contributed by atoms with van der Waals surface area (Å²) in [7, 11) is 0. The third kappa shape index (κ3) is 3.82. The van der Waals surface area contributed by atoms with E-state index in [4.69, 9.17) is 0 Å². The monoisotopic (exact) mass is 236 g/mol. The summed E-state index contributed by atoms with van der Waals surface area (Å²) in [6.07, 6.45) is 4.10. The standard InChI is InChI=1S/C15H28N2/c1-11-7-13(3)14(4)17(9-11)10-12(2)8-16-15-5-6-15/h11,13-16H,2,5-10H2,1,3-4H3. The van der Waals surface area contributed by atoms with Crippen molar-refractivity contribution in [1.82, 2.24) is 10.2 Å². The van der Waals surface area contributed by atoms with E-state index < -0.39 is 0 Å². The summed E-state index contributed by atoms with van der Waals surface area (Å²) < 4.78 is 0. The molecule has 1 saturated heterocycles. The molecule has 1 N–H and O–H groups in total. The van der Waals surface area contributed by atoms with Gasteiger partial charge < -0.3 is 5.32 Å². The molecular weight excluding hydrogens is 208 g/mol. The zero-order valence-corrected chi connectivity index (χ0v) is 11.7. The predicted molar refractivity (Wildman–Crippen MR) is 74.1 cm³/mol. The van der Waals surface area contributed by atoms with Crippen LogP contribution >= 0.6 is 0 Å². The van der Waals surface area contributed by atoms with Crippen LogP contribution in [0, 0.1) is 11.8 Å². The van der Waals surface area contributed by atoms with Gasteiger partial charge in [0.2, 0.25) is 0 Å². The quantitative estimate of drug-likeness (QED) is 0.738. The lowest BCUT2D eigenvalue weighted by Crippen LogP contribution is -2.46. The van der Waals surface area contributed by atoms with Gasteiger partial charge in [0, 0.05) is 31.7 Å². The predicted octanol–water partition coefficient (Wildman–Crippen LogP) is 2.66. The van der Waals surface area contributed by atoms with Gasteiger partial charge in [-0.25, -0.2) is 0 Å². The van der Waals surface area contributed by atoms with Gasteiger partial charge in [0.05, 0.1) is 0 Å². The zero-order chi connectivity index (χ0) is 12.4. The van der Waals surface area contributed by atoms with Crippen molar-refractivity contribution in [1.29, 1.82) is 0 Å². The number of hydrogen-bond donors (Lipinski definition) is 1. The topological polar surface area (TPSA) is 15.3 Å². The van der Waals surface area contributed by atoms with E-state index in [9.17, 15) is 0 Å². The van der Waals surface area contributed by atoms with Crippen LogP contribution < -0.4 is 5.32 Å². The number of nitrogens with one attached hydrogen (secondary N) is 1. The minimum atomic E-state index is 0.712. The summed E-state index contributed by atoms with van der Waals surface area (Å²) in [6.45, 7) is 14.7. The van der Waals surface area contributed by atoms with Crippen LogP contribution in [-0.4, -0.2) is 36.6 Å². The minimum Gasteiger partial charge on any atom is -0.310 e. The molecule has 2 heteroatoms. The summed E-state index contributed by atoms with van der Waals surface area (Å²) in [5, 5.41) is 3.56. The van der Waals surface area contributed by atoms with Crippen LogP contribution in [0.3, 0.4) is 0 Å². The summed E-state index contributed by atoms with van der Waals surface area (Å²) in [6, 6.07) is 1.51. The second-order valence-electron chi connectivity index (χ2n) is 6.39. The van der Waals surface area contributed by atoms with Gasteiger partial charge in [0.25, 0.3) is 0 Å². The first kappa shape index (κ1) is 13.1. The van der Waals surface area contributed by atoms with E-state index in [2.05, 4.69) is 37.6 Å². The van der Waals surface area contributed by atoms with Crippen LogP contribution in [0.25, 0.3) is 0 Å². The highest BCUT2D eigenvalue weighted by molar-refractivity contribution is 5.03. The Kier molecular flexibility index (Phi) is 4.26. The number of rotatable bonds is 5. The van der Waals surface area contributed by atoms with Crippen molar-refractivity contribution in [3.8, 4) is 0 Å². The van der Waals surface area contributed by atoms with Crippen molar-refractivity contribution in [3.63, 3.8) is 0 Å². The highest BCUT2D eigenvalue weighted by atomic mass is 15.2. The lowest BCUT2D eigenvalue weighted by atomic mass is 9.86. The van der Waals surface area contributed by atoms with Gasteiger partial charge in [-0.2, -0.15) is 0 Å². The Morgan fingerprint density at radius 1 is 1.29 bits per heavy atom. The van der Waals surface area contributed by atoms with Gasteiger partial charge in [-0.15, -0.1) is 0 Å². The molecule has 3 unspecified atom stereocenters. The lowest BCUT2D eigenvalue weighted by Gasteiger charge is -2.41. The number of piperidine rings is 1. The Labute approximate surface area is 106 Å². The lowest BCUT2D eigenvalue weighted by molar-refractivity contribution is 0.0886. The summed E-state index contributed by atoms with van der Waals surface area (Å²) in [5.41, 5.74) is 1.35. The Balaban J connectivity index is 1.76. The van der Waals surface area contributed by atoms with E-state index in [-0.39, 0.29) is 0 Å². The molecule has 1 heterocycles. The number of likely N-dealkylation sites (tertiary alicyclic amines) is 1. The Bertz CT molecular complexity index is 270. The first-order valence-electron chi connectivity index (χ1n) is 7.20. The van der Waals surface area contributed by atoms with Crippen LogP contribution in [0.2, 0.25) is 0 Å². The third-order valence-corrected chi connectivity index (χ3v) is 4.36. The molecule has 1 saturated carbocycles. The number of nitrogens with zero attached hydrogens (tertiary/aromatic N) is 1. The van der Waals surface area contributed by atoms with Gasteiger partial charge in [-0.1, -0.05) is 20.4 Å². The molecule has 0 aromatic heterocycles. The van der Waals surface area contributed by atoms with Crippen LogP contribution in [0.5, 0.6) is 0 Å². The fraction of sp³-hybridized carbons (Fsp3) is 0.867. The molecule has 2 rings (SSSR count). The van der Waals surface area contributed by atoms with Crippen molar-refractivity contribution in [3.05, 3.63) is 12.2 Å². The molecule has 98 valence electrons. The zero-order valence-electron chi connectivity index (χ0n) is 11.7. The van der Waals surface area contributed by atoms with Gasteiger partial charge >= 0.3 is 0 Å². The Morgan fingerprint density at radius 3 is 2.65 bits per heavy atom. The smallest absolute Gasteiger partial charge is 0.0205 e. The summed E-state index contributed by atoms with van der Waals surface area (Å²) in [4.78, 5) is 2.62. The van der Waals surface area contributed by atoms with Crippen LogP contribution in [0.15, 0.2) is 12.2 Å². The molecule has 3 atom stereocenters. The fourth-order valence-electron chi connectivity index (χ4n) is 2.96. The van der Waals surface area contributed by atoms with Crippen molar-refractivity contribution >= 4 is 0 Å². The Morgan fingerprint density at radius 2 is 2.00 bits per heavy atom. The van der Waals surface area contributed by atoms with Crippen molar-refractivity contribution < 1.29 is 0 Å². The van der Waals surface area contributed by atoms with Crippen molar-refractivity contribution in [2.24, 2.45) is 11.8 Å². The maximum absolute atomic E-state index is 4.23. The molecule has 2 aliphatic rings. The molecular formula is C15H28N2. The molecule has 0 aromatic carbocycles. The van der Waals surface area contributed by atoms with Crippen LogP contribution in [0.1, 0.15) is 40.0 Å². The highest BCUT2D eigenvalue weighted by Gasteiger charge is 2.29. The summed E-state index contributed by atoms with van der Waals surface area (Å²) >= 11 is 0. The molecule has 0 radical (unpaired) electrons. The SMILES string of the molecule is C=C(CNC1CC1)CN1CC(C)CC(C)C1C. The fourth-order valence-corrected chi connectivity index (χ4v) is 2.96. The largest absolute Gasteiger partial charge is 0.310 e. The van der Waals surface area contributed by atoms with E-state index in [1.807, 2.05) is 0 Å². The molecule has 0 aromatic rings. The van der Waals surface area contributed by atoms with Crippen molar-refractivity contribution in [2.75, 3.05) is 19.6 Å². The van der Waals surface area contributed by atoms with Gasteiger partial charge in [0.15, 0.2) is 0 Å². The molecule has 2 nitrogen and oxygen atoms in total. The maximum Gasteiger partial charge on any atom is 0.0205 e. The molecule has 17 heavy (non-hydrogen) atoms. The average Bonchev–Trinajstić information content (AvgIpc) is 3.06. The first-order valence-corrected chi connectivity index (χ1v) is 7.20. The van der Waals surface area contributed by atoms with E-state index in [1.165, 1.54) is 31.4 Å². The second-order valence-corrected chi connectivity index (χ2v) is 6.39. The maximum atomic E-state index is 4.23. The molecule has 1 aliphatic carbocycles. The minimum absolute atomic E-state index is 0.712. The highest BCUT2D eigenvalue weighted by Crippen LogP contribution is 2.27. The molecule has 0 spiro atoms. The van der Waals surface area contributed by atoms with Gasteiger partial charge in [-0.05, 0) is 43.6 Å². The first-order chi connectivity index (χ1) is 8.06. The molecule has 2 fully saturated rings. The van der Waals surface area contributed by atoms with Gasteiger partial charge in [0.1, 0.15) is 0 Å². The van der Waals surface area contributed by atoms with E-state index in [0.717, 1.165) is 31.0 Å². The van der Waals surface area contributed by atoms with E-state index in [0.29, 0.717) is 6.04 Å². The Hall–Kier alpha value is -0.340. The molecule has 0 amide bonds. The van der Waals surface area contributed by atoms with Crippen LogP contribution in [0.4, 0.5) is 0 Å². The third-order valence-electron chi connectivity index (χ3n) is 4.36. The molecule has 1 aliphatic heterocycles. The van der Waals surface area contributed by atoms with Gasteiger partial charge in [-0.3, -0.25) is 4.90 Å². The van der Waals surface area contributed by atoms with E-state index in [1.54, 1.807) is 0 Å². The van der Waals surface area contributed by atoms with Crippen LogP contribution in [-0.2, 0) is 0 Å². The number of hydrogen-bond acceptors (Lipinski definition) is 2. The summed E-state index contributed by atoms with van der Waals surface area (Å²) in [5.74, 6) is 1.66. The van der Waals surface area contributed by atoms with E-state index >= 15 is 0 Å². The van der Waals surface area contributed by atoms with Crippen molar-refractivity contribution in [2.45, 2.75) is 52.1 Å². The average molecular weight is 236 g/mol. The molecule has 0 bridgehead atoms. The normalized spacial score (nSPS) is 34.9.